The van der Waals surface area contributed by atoms with Gasteiger partial charge in [0.15, 0.2) is 0 Å². The van der Waals surface area contributed by atoms with Gasteiger partial charge in [0.1, 0.15) is 11.5 Å². The van der Waals surface area contributed by atoms with E-state index in [1.807, 2.05) is 42.2 Å². The van der Waals surface area contributed by atoms with Gasteiger partial charge in [0, 0.05) is 19.1 Å². The first-order valence-corrected chi connectivity index (χ1v) is 10.4. The highest BCUT2D eigenvalue weighted by atomic mass is 16.5. The lowest BCUT2D eigenvalue weighted by Crippen LogP contribution is -2.45. The number of likely N-dealkylation sites (tertiary alicyclic amines) is 1. The van der Waals surface area contributed by atoms with Gasteiger partial charge in [-0.3, -0.25) is 9.69 Å². The van der Waals surface area contributed by atoms with Gasteiger partial charge in [-0.25, -0.2) is 0 Å². The molecule has 1 saturated heterocycles. The van der Waals surface area contributed by atoms with Crippen molar-refractivity contribution in [1.82, 2.24) is 9.80 Å². The predicted molar refractivity (Wildman–Crippen MR) is 108 cm³/mol. The van der Waals surface area contributed by atoms with Gasteiger partial charge in [-0.05, 0) is 50.3 Å². The van der Waals surface area contributed by atoms with E-state index < -0.39 is 0 Å². The predicted octanol–water partition coefficient (Wildman–Crippen LogP) is 3.76. The molecule has 5 nitrogen and oxygen atoms in total. The van der Waals surface area contributed by atoms with Crippen molar-refractivity contribution in [1.29, 1.82) is 0 Å². The summed E-state index contributed by atoms with van der Waals surface area (Å²) in [6, 6.07) is 14.6. The van der Waals surface area contributed by atoms with Crippen LogP contribution < -0.4 is 0 Å². The van der Waals surface area contributed by atoms with Crippen molar-refractivity contribution in [3.8, 4) is 0 Å². The maximum absolute atomic E-state index is 12.9. The van der Waals surface area contributed by atoms with Crippen LogP contribution in [0.4, 0.5) is 0 Å². The van der Waals surface area contributed by atoms with Gasteiger partial charge in [-0.15, -0.1) is 0 Å². The van der Waals surface area contributed by atoms with Crippen molar-refractivity contribution in [2.24, 2.45) is 0 Å². The van der Waals surface area contributed by atoms with E-state index in [-0.39, 0.29) is 12.0 Å². The summed E-state index contributed by atoms with van der Waals surface area (Å²) in [5.74, 6) is 2.00. The zero-order chi connectivity index (χ0) is 19.3. The molecule has 0 radical (unpaired) electrons. The minimum absolute atomic E-state index is 0.222. The van der Waals surface area contributed by atoms with Crippen molar-refractivity contribution in [3.05, 3.63) is 59.5 Å². The number of hydrogen-bond acceptors (Lipinski definition) is 4. The number of piperidine rings is 1. The number of ether oxygens (including phenoxy) is 1. The number of carbonyl (C=O) groups excluding carboxylic acids is 1. The second-order valence-corrected chi connectivity index (χ2v) is 8.04. The molecule has 1 amide bonds. The molecule has 0 spiro atoms. The molecule has 2 aliphatic rings. The highest BCUT2D eigenvalue weighted by Gasteiger charge is 2.34. The summed E-state index contributed by atoms with van der Waals surface area (Å²) in [5.41, 5.74) is 1.22. The number of benzene rings is 1. The molecule has 0 atom stereocenters. The Morgan fingerprint density at radius 2 is 1.86 bits per heavy atom. The van der Waals surface area contributed by atoms with E-state index >= 15 is 0 Å². The standard InChI is InChI=1S/C23H30N2O3/c1-18-7-10-22(28-18)15-25(20-8-9-20)23(26)16-24-13-11-21(12-14-24)27-17-19-5-3-2-4-6-19/h2-7,10,20-21H,8-9,11-17H2,1H3. The van der Waals surface area contributed by atoms with E-state index in [0.29, 0.717) is 25.7 Å². The molecule has 150 valence electrons. The van der Waals surface area contributed by atoms with Crippen molar-refractivity contribution in [3.63, 3.8) is 0 Å². The summed E-state index contributed by atoms with van der Waals surface area (Å²) < 4.78 is 11.8. The molecule has 1 aromatic heterocycles. The lowest BCUT2D eigenvalue weighted by atomic mass is 10.1. The van der Waals surface area contributed by atoms with Gasteiger partial charge in [0.05, 0.1) is 25.8 Å². The van der Waals surface area contributed by atoms with Crippen molar-refractivity contribution >= 4 is 5.91 Å². The molecular weight excluding hydrogens is 352 g/mol. The molecule has 1 saturated carbocycles. The fourth-order valence-electron chi connectivity index (χ4n) is 3.85. The number of hydrogen-bond donors (Lipinski definition) is 0. The quantitative estimate of drug-likeness (QED) is 0.697. The Morgan fingerprint density at radius 3 is 2.50 bits per heavy atom. The molecule has 1 aromatic carbocycles. The topological polar surface area (TPSA) is 45.9 Å². The Hall–Kier alpha value is -2.11. The fraction of sp³-hybridized carbons (Fsp3) is 0.522. The second-order valence-electron chi connectivity index (χ2n) is 8.04. The summed E-state index contributed by atoms with van der Waals surface area (Å²) in [5, 5.41) is 0. The molecule has 4 rings (SSSR count). The molecular formula is C23H30N2O3. The van der Waals surface area contributed by atoms with Gasteiger partial charge < -0.3 is 14.1 Å². The third kappa shape index (κ3) is 5.24. The maximum Gasteiger partial charge on any atom is 0.237 e. The molecule has 1 aliphatic carbocycles. The number of nitrogens with zero attached hydrogens (tertiary/aromatic N) is 2. The number of aryl methyl sites for hydroxylation is 1. The monoisotopic (exact) mass is 382 g/mol. The van der Waals surface area contributed by atoms with Gasteiger partial charge in [-0.1, -0.05) is 30.3 Å². The zero-order valence-corrected chi connectivity index (χ0v) is 16.7. The van der Waals surface area contributed by atoms with E-state index in [1.54, 1.807) is 0 Å². The van der Waals surface area contributed by atoms with Crippen LogP contribution in [-0.2, 0) is 22.7 Å². The summed E-state index contributed by atoms with van der Waals surface area (Å²) >= 11 is 0. The molecule has 5 heteroatoms. The maximum atomic E-state index is 12.9. The molecule has 0 bridgehead atoms. The molecule has 0 unspecified atom stereocenters. The SMILES string of the molecule is Cc1ccc(CN(C(=O)CN2CCC(OCc3ccccc3)CC2)C2CC2)o1. The van der Waals surface area contributed by atoms with Crippen LogP contribution in [0, 0.1) is 6.92 Å². The lowest BCUT2D eigenvalue weighted by molar-refractivity contribution is -0.134. The van der Waals surface area contributed by atoms with Gasteiger partial charge >= 0.3 is 0 Å². The average molecular weight is 383 g/mol. The lowest BCUT2D eigenvalue weighted by Gasteiger charge is -2.33. The van der Waals surface area contributed by atoms with Crippen LogP contribution in [0.3, 0.4) is 0 Å². The van der Waals surface area contributed by atoms with E-state index in [1.165, 1.54) is 5.56 Å². The third-order valence-corrected chi connectivity index (χ3v) is 5.65. The molecule has 2 heterocycles. The first kappa shape index (κ1) is 19.2. The third-order valence-electron chi connectivity index (χ3n) is 5.65. The Morgan fingerprint density at radius 1 is 1.11 bits per heavy atom. The second kappa shape index (κ2) is 8.93. The van der Waals surface area contributed by atoms with Crippen LogP contribution in [0.2, 0.25) is 0 Å². The van der Waals surface area contributed by atoms with E-state index in [9.17, 15) is 4.79 Å². The summed E-state index contributed by atoms with van der Waals surface area (Å²) in [6.07, 6.45) is 4.49. The van der Waals surface area contributed by atoms with E-state index in [2.05, 4.69) is 17.0 Å². The largest absolute Gasteiger partial charge is 0.464 e. The minimum atomic E-state index is 0.222. The molecule has 2 fully saturated rings. The van der Waals surface area contributed by atoms with Crippen molar-refractivity contribution < 1.29 is 13.9 Å². The number of carbonyl (C=O) groups is 1. The highest BCUT2D eigenvalue weighted by molar-refractivity contribution is 5.79. The average Bonchev–Trinajstić information content (AvgIpc) is 3.47. The highest BCUT2D eigenvalue weighted by Crippen LogP contribution is 2.29. The summed E-state index contributed by atoms with van der Waals surface area (Å²) in [4.78, 5) is 17.2. The first-order chi connectivity index (χ1) is 13.7. The minimum Gasteiger partial charge on any atom is -0.464 e. The van der Waals surface area contributed by atoms with Crippen LogP contribution >= 0.6 is 0 Å². The van der Waals surface area contributed by atoms with Gasteiger partial charge in [-0.2, -0.15) is 0 Å². The van der Waals surface area contributed by atoms with Crippen molar-refractivity contribution in [2.45, 2.75) is 57.9 Å². The number of amides is 1. The molecule has 2 aromatic rings. The first-order valence-electron chi connectivity index (χ1n) is 10.4. The Kier molecular flexibility index (Phi) is 6.13. The number of rotatable bonds is 8. The Balaban J connectivity index is 1.22. The number of furan rings is 1. The molecule has 0 N–H and O–H groups in total. The zero-order valence-electron chi connectivity index (χ0n) is 16.7. The van der Waals surface area contributed by atoms with E-state index in [0.717, 1.165) is 50.3 Å². The van der Waals surface area contributed by atoms with Gasteiger partial charge in [0.25, 0.3) is 0 Å². The van der Waals surface area contributed by atoms with E-state index in [4.69, 9.17) is 9.15 Å². The van der Waals surface area contributed by atoms with Gasteiger partial charge in [0.2, 0.25) is 5.91 Å². The van der Waals surface area contributed by atoms with Crippen molar-refractivity contribution in [2.75, 3.05) is 19.6 Å². The van der Waals surface area contributed by atoms with Crippen LogP contribution in [0.25, 0.3) is 0 Å². The normalized spacial score (nSPS) is 18.3. The summed E-state index contributed by atoms with van der Waals surface area (Å²) in [6.45, 7) is 5.54. The molecule has 1 aliphatic heterocycles. The molecule has 28 heavy (non-hydrogen) atoms. The summed E-state index contributed by atoms with van der Waals surface area (Å²) in [7, 11) is 0. The Bertz CT molecular complexity index is 761. The Labute approximate surface area is 167 Å². The fourth-order valence-corrected chi connectivity index (χ4v) is 3.85. The smallest absolute Gasteiger partial charge is 0.237 e. The van der Waals surface area contributed by atoms with Crippen LogP contribution in [0.15, 0.2) is 46.9 Å². The van der Waals surface area contributed by atoms with Crippen LogP contribution in [0.5, 0.6) is 0 Å². The van der Waals surface area contributed by atoms with Crippen LogP contribution in [0.1, 0.15) is 42.8 Å². The van der Waals surface area contributed by atoms with Crippen LogP contribution in [-0.4, -0.2) is 47.5 Å².